The molecule has 0 unspecified atom stereocenters. The Morgan fingerprint density at radius 3 is 2.36 bits per heavy atom. The number of hydrogen-bond donors (Lipinski definition) is 1. The molecule has 0 saturated carbocycles. The van der Waals surface area contributed by atoms with Gasteiger partial charge in [-0.1, -0.05) is 32.9 Å². The molecule has 9 nitrogen and oxygen atoms in total. The van der Waals surface area contributed by atoms with E-state index in [9.17, 15) is 24.0 Å². The Bertz CT molecular complexity index is 1210. The molecule has 4 rings (SSSR count). The zero-order valence-electron chi connectivity index (χ0n) is 20.6. The van der Waals surface area contributed by atoms with Crippen molar-refractivity contribution in [3.05, 3.63) is 51.4 Å². The highest BCUT2D eigenvalue weighted by Gasteiger charge is 2.44. The van der Waals surface area contributed by atoms with E-state index in [1.807, 2.05) is 0 Å². The molecule has 3 amide bonds. The van der Waals surface area contributed by atoms with Crippen LogP contribution in [0.5, 0.6) is 0 Å². The van der Waals surface area contributed by atoms with Crippen molar-refractivity contribution >= 4 is 46.0 Å². The van der Waals surface area contributed by atoms with Gasteiger partial charge in [-0.15, -0.1) is 11.3 Å². The van der Waals surface area contributed by atoms with Crippen molar-refractivity contribution in [2.24, 2.45) is 11.8 Å². The van der Waals surface area contributed by atoms with Crippen LogP contribution in [0.25, 0.3) is 0 Å². The summed E-state index contributed by atoms with van der Waals surface area (Å²) in [6, 6.07) is 5.17. The maximum Gasteiger partial charge on any atom is 0.341 e. The molecule has 1 N–H and O–H groups in total. The van der Waals surface area contributed by atoms with E-state index in [0.29, 0.717) is 16.5 Å². The molecule has 2 atom stereocenters. The van der Waals surface area contributed by atoms with E-state index in [1.165, 1.54) is 30.6 Å². The topological polar surface area (TPSA) is 119 Å². The molecular weight excluding hydrogens is 484 g/mol. The summed E-state index contributed by atoms with van der Waals surface area (Å²) in [5.74, 6) is -3.14. The van der Waals surface area contributed by atoms with Crippen LogP contribution in [0.15, 0.2) is 24.3 Å². The van der Waals surface area contributed by atoms with Gasteiger partial charge in [-0.25, -0.2) is 9.59 Å². The van der Waals surface area contributed by atoms with Crippen molar-refractivity contribution in [1.82, 2.24) is 4.90 Å². The van der Waals surface area contributed by atoms with E-state index in [2.05, 4.69) is 12.2 Å². The number of carbonyl (C=O) groups excluding carboxylic acids is 5. The van der Waals surface area contributed by atoms with Gasteiger partial charge in [0.2, 0.25) is 0 Å². The Balaban J connectivity index is 1.46. The van der Waals surface area contributed by atoms with Crippen molar-refractivity contribution in [3.8, 4) is 0 Å². The SMILES string of the molecule is COC(=O)c1c(NC(=O)COC(=O)[C@@H](C(C)C)N2C(=O)c3ccccc3C2=O)sc2c1CC[C@@H](C)C2. The average molecular weight is 513 g/mol. The number of methoxy groups -OCH3 is 1. The summed E-state index contributed by atoms with van der Waals surface area (Å²) in [6.07, 6.45) is 2.47. The standard InChI is InChI=1S/C26H28N2O7S/c1-13(2)21(28-23(30)15-7-5-6-8-16(15)24(28)31)26(33)35-12-19(29)27-22-20(25(32)34-4)17-10-9-14(3)11-18(17)36-22/h5-8,13-14,21H,9-12H2,1-4H3,(H,27,29)/t14-,21-/m1/s1. The summed E-state index contributed by atoms with van der Waals surface area (Å²) < 4.78 is 10.2. The van der Waals surface area contributed by atoms with Gasteiger partial charge < -0.3 is 14.8 Å². The van der Waals surface area contributed by atoms with Crippen LogP contribution in [0.2, 0.25) is 0 Å². The van der Waals surface area contributed by atoms with Gasteiger partial charge in [-0.05, 0) is 48.8 Å². The van der Waals surface area contributed by atoms with Crippen molar-refractivity contribution in [1.29, 1.82) is 0 Å². The normalized spacial score (nSPS) is 17.5. The molecule has 0 spiro atoms. The van der Waals surface area contributed by atoms with Gasteiger partial charge in [0.1, 0.15) is 11.0 Å². The summed E-state index contributed by atoms with van der Waals surface area (Å²) >= 11 is 1.33. The zero-order valence-corrected chi connectivity index (χ0v) is 21.4. The number of anilines is 1. The Morgan fingerprint density at radius 1 is 1.14 bits per heavy atom. The molecule has 1 aliphatic carbocycles. The molecule has 1 aromatic carbocycles. The van der Waals surface area contributed by atoms with Crippen LogP contribution < -0.4 is 5.32 Å². The highest BCUT2D eigenvalue weighted by Crippen LogP contribution is 2.40. The maximum absolute atomic E-state index is 13.0. The lowest BCUT2D eigenvalue weighted by atomic mass is 9.88. The van der Waals surface area contributed by atoms with Crippen molar-refractivity contribution < 1.29 is 33.4 Å². The molecule has 0 fully saturated rings. The minimum Gasteiger partial charge on any atom is -0.465 e. The number of esters is 2. The van der Waals surface area contributed by atoms with Gasteiger partial charge in [-0.3, -0.25) is 19.3 Å². The first-order valence-electron chi connectivity index (χ1n) is 11.8. The van der Waals surface area contributed by atoms with Crippen LogP contribution in [0.4, 0.5) is 5.00 Å². The van der Waals surface area contributed by atoms with Crippen LogP contribution in [0.3, 0.4) is 0 Å². The predicted molar refractivity (Wildman–Crippen MR) is 132 cm³/mol. The number of imide groups is 1. The Labute approximate surface area is 212 Å². The van der Waals surface area contributed by atoms with Gasteiger partial charge in [0.25, 0.3) is 17.7 Å². The fourth-order valence-corrected chi connectivity index (χ4v) is 6.09. The second-order valence-electron chi connectivity index (χ2n) is 9.42. The smallest absolute Gasteiger partial charge is 0.341 e. The third-order valence-electron chi connectivity index (χ3n) is 6.48. The molecule has 0 radical (unpaired) electrons. The lowest BCUT2D eigenvalue weighted by Gasteiger charge is -2.27. The van der Waals surface area contributed by atoms with E-state index in [-0.39, 0.29) is 11.1 Å². The highest BCUT2D eigenvalue weighted by atomic mass is 32.1. The Kier molecular flexibility index (Phi) is 7.26. The number of nitrogens with zero attached hydrogens (tertiary/aromatic N) is 1. The number of ether oxygens (including phenoxy) is 2. The second kappa shape index (κ2) is 10.2. The van der Waals surface area contributed by atoms with Crippen LogP contribution in [0.1, 0.15) is 68.7 Å². The van der Waals surface area contributed by atoms with Crippen LogP contribution in [-0.4, -0.2) is 54.3 Å². The summed E-state index contributed by atoms with van der Waals surface area (Å²) in [6.45, 7) is 4.88. The number of fused-ring (bicyclic) bond motifs is 2. The number of benzene rings is 1. The monoisotopic (exact) mass is 512 g/mol. The first-order chi connectivity index (χ1) is 17.1. The van der Waals surface area contributed by atoms with Crippen LogP contribution >= 0.6 is 11.3 Å². The number of thiophene rings is 1. The summed E-state index contributed by atoms with van der Waals surface area (Å²) in [4.78, 5) is 65.8. The number of amides is 3. The van der Waals surface area contributed by atoms with E-state index in [0.717, 1.165) is 34.6 Å². The number of nitrogens with one attached hydrogen (secondary N) is 1. The third-order valence-corrected chi connectivity index (χ3v) is 7.65. The lowest BCUT2D eigenvalue weighted by molar-refractivity contribution is -0.152. The van der Waals surface area contributed by atoms with Crippen LogP contribution in [0, 0.1) is 11.8 Å². The van der Waals surface area contributed by atoms with Crippen molar-refractivity contribution in [2.45, 2.75) is 46.1 Å². The minimum absolute atomic E-state index is 0.227. The van der Waals surface area contributed by atoms with Gasteiger partial charge in [0.05, 0.1) is 23.8 Å². The summed E-state index contributed by atoms with van der Waals surface area (Å²) in [5.41, 5.74) is 1.69. The van der Waals surface area contributed by atoms with E-state index < -0.39 is 48.2 Å². The lowest BCUT2D eigenvalue weighted by Crippen LogP contribution is -2.49. The molecule has 36 heavy (non-hydrogen) atoms. The molecule has 2 aromatic rings. The average Bonchev–Trinajstić information content (AvgIpc) is 3.32. The maximum atomic E-state index is 13.0. The Hall–Kier alpha value is -3.53. The van der Waals surface area contributed by atoms with Gasteiger partial charge in [0.15, 0.2) is 6.61 Å². The molecule has 0 bridgehead atoms. The fourth-order valence-electron chi connectivity index (χ4n) is 4.68. The number of rotatable bonds is 7. The van der Waals surface area contributed by atoms with Crippen molar-refractivity contribution in [3.63, 3.8) is 0 Å². The van der Waals surface area contributed by atoms with Gasteiger partial charge in [0, 0.05) is 4.88 Å². The molecule has 2 aliphatic rings. The highest BCUT2D eigenvalue weighted by molar-refractivity contribution is 7.17. The third kappa shape index (κ3) is 4.65. The molecule has 0 saturated heterocycles. The number of carbonyl (C=O) groups is 5. The molecule has 2 heterocycles. The van der Waals surface area contributed by atoms with Gasteiger partial charge >= 0.3 is 11.9 Å². The zero-order chi connectivity index (χ0) is 26.1. The molecule has 1 aliphatic heterocycles. The van der Waals surface area contributed by atoms with E-state index in [1.54, 1.807) is 26.0 Å². The molecular formula is C26H28N2O7S. The molecule has 10 heteroatoms. The van der Waals surface area contributed by atoms with E-state index >= 15 is 0 Å². The fraction of sp³-hybridized carbons (Fsp3) is 0.423. The number of hydrogen-bond acceptors (Lipinski definition) is 8. The van der Waals surface area contributed by atoms with Crippen molar-refractivity contribution in [2.75, 3.05) is 19.0 Å². The first kappa shape index (κ1) is 25.6. The summed E-state index contributed by atoms with van der Waals surface area (Å²) in [5, 5.41) is 3.04. The van der Waals surface area contributed by atoms with Gasteiger partial charge in [-0.2, -0.15) is 0 Å². The van der Waals surface area contributed by atoms with E-state index in [4.69, 9.17) is 9.47 Å². The molecule has 1 aromatic heterocycles. The Morgan fingerprint density at radius 2 is 1.78 bits per heavy atom. The van der Waals surface area contributed by atoms with Crippen LogP contribution in [-0.2, 0) is 31.9 Å². The minimum atomic E-state index is -1.19. The molecule has 190 valence electrons. The predicted octanol–water partition coefficient (Wildman–Crippen LogP) is 3.46. The summed E-state index contributed by atoms with van der Waals surface area (Å²) in [7, 11) is 1.29. The first-order valence-corrected chi connectivity index (χ1v) is 12.6. The largest absolute Gasteiger partial charge is 0.465 e. The quantitative estimate of drug-likeness (QED) is 0.446. The second-order valence-corrected chi connectivity index (χ2v) is 10.5.